The first-order valence-corrected chi connectivity index (χ1v) is 11.5. The van der Waals surface area contributed by atoms with E-state index in [9.17, 15) is 18.3 Å². The number of hydrogen-bond acceptors (Lipinski definition) is 6. The van der Waals surface area contributed by atoms with Gasteiger partial charge in [-0.1, -0.05) is 6.07 Å². The van der Waals surface area contributed by atoms with Crippen molar-refractivity contribution in [3.8, 4) is 28.5 Å². The van der Waals surface area contributed by atoms with E-state index in [4.69, 9.17) is 9.15 Å². The minimum atomic E-state index is -1.56. The van der Waals surface area contributed by atoms with Crippen LogP contribution < -0.4 is 4.74 Å². The molecule has 1 N–H and O–H groups in total. The number of hydrogen-bond donors (Lipinski definition) is 1. The number of halogens is 3. The van der Waals surface area contributed by atoms with Crippen LogP contribution in [0.15, 0.2) is 40.9 Å². The minimum Gasteiger partial charge on any atom is -0.496 e. The van der Waals surface area contributed by atoms with E-state index in [0.29, 0.717) is 59.6 Å². The van der Waals surface area contributed by atoms with Gasteiger partial charge in [-0.25, -0.2) is 18.2 Å². The predicted molar refractivity (Wildman–Crippen MR) is 125 cm³/mol. The van der Waals surface area contributed by atoms with Gasteiger partial charge < -0.3 is 18.8 Å². The molecule has 3 heterocycles. The van der Waals surface area contributed by atoms with Gasteiger partial charge in [0.1, 0.15) is 11.6 Å². The van der Waals surface area contributed by atoms with E-state index in [0.717, 1.165) is 12.1 Å². The van der Waals surface area contributed by atoms with Crippen molar-refractivity contribution in [2.75, 3.05) is 7.11 Å². The number of rotatable bonds is 5. The largest absolute Gasteiger partial charge is 0.496 e. The third-order valence-electron chi connectivity index (χ3n) is 6.93. The molecule has 0 saturated heterocycles. The van der Waals surface area contributed by atoms with Crippen LogP contribution in [0.2, 0.25) is 0 Å². The van der Waals surface area contributed by atoms with E-state index >= 15 is 0 Å². The Labute approximate surface area is 205 Å². The van der Waals surface area contributed by atoms with Crippen molar-refractivity contribution in [2.45, 2.75) is 51.2 Å². The lowest BCUT2D eigenvalue weighted by molar-refractivity contribution is -0.00483. The van der Waals surface area contributed by atoms with Gasteiger partial charge in [-0.15, -0.1) is 10.2 Å². The lowest BCUT2D eigenvalue weighted by Crippen LogP contribution is -2.52. The maximum Gasteiger partial charge on any atom is 0.194 e. The van der Waals surface area contributed by atoms with Crippen LogP contribution in [0.4, 0.5) is 13.2 Å². The molecule has 5 rings (SSSR count). The number of methoxy groups -OCH3 is 1. The number of aliphatic hydroxyl groups is 1. The van der Waals surface area contributed by atoms with Crippen LogP contribution in [0.3, 0.4) is 0 Å². The van der Waals surface area contributed by atoms with Gasteiger partial charge in [-0.05, 0) is 56.5 Å². The van der Waals surface area contributed by atoms with Crippen LogP contribution >= 0.6 is 0 Å². The lowest BCUT2D eigenvalue weighted by Gasteiger charge is -2.45. The van der Waals surface area contributed by atoms with Gasteiger partial charge in [0.2, 0.25) is 0 Å². The van der Waals surface area contributed by atoms with E-state index in [1.54, 1.807) is 40.1 Å². The van der Waals surface area contributed by atoms with Crippen molar-refractivity contribution in [2.24, 2.45) is 0 Å². The van der Waals surface area contributed by atoms with E-state index in [1.807, 2.05) is 16.7 Å². The Kier molecular flexibility index (Phi) is 5.66. The Morgan fingerprint density at radius 1 is 1.11 bits per heavy atom. The van der Waals surface area contributed by atoms with Crippen LogP contribution in [0, 0.1) is 24.4 Å². The second-order valence-electron chi connectivity index (χ2n) is 9.48. The molecule has 0 fully saturated rings. The first-order chi connectivity index (χ1) is 17.1. The molecule has 0 aliphatic carbocycles. The highest BCUT2D eigenvalue weighted by Crippen LogP contribution is 2.48. The summed E-state index contributed by atoms with van der Waals surface area (Å²) < 4.78 is 55.4. The summed E-state index contributed by atoms with van der Waals surface area (Å²) in [6.07, 6.45) is 2.52. The molecular formula is C26H25F3N4O3. The van der Waals surface area contributed by atoms with Crippen LogP contribution in [-0.2, 0) is 12.0 Å². The van der Waals surface area contributed by atoms with E-state index in [-0.39, 0.29) is 5.56 Å². The number of aromatic nitrogens is 4. The molecule has 10 heteroatoms. The SMILES string of the molecule is COc1cc(-c2nnc3n2CCCC3(c2cc(F)c(F)c(F)c2)C(C)(C)O)ccc1-c1cnc(C)o1. The molecule has 4 aromatic rings. The monoisotopic (exact) mass is 498 g/mol. The highest BCUT2D eigenvalue weighted by molar-refractivity contribution is 5.71. The summed E-state index contributed by atoms with van der Waals surface area (Å²) in [6, 6.07) is 7.31. The summed E-state index contributed by atoms with van der Waals surface area (Å²) in [5.41, 5.74) is -1.33. The molecule has 0 amide bonds. The second kappa shape index (κ2) is 8.48. The predicted octanol–water partition coefficient (Wildman–Crippen LogP) is 5.19. The van der Waals surface area contributed by atoms with Gasteiger partial charge in [0, 0.05) is 19.0 Å². The smallest absolute Gasteiger partial charge is 0.194 e. The topological polar surface area (TPSA) is 86.2 Å². The molecular weight excluding hydrogens is 473 g/mol. The maximum absolute atomic E-state index is 14.3. The number of ether oxygens (including phenoxy) is 1. The van der Waals surface area contributed by atoms with Gasteiger partial charge in [0.25, 0.3) is 0 Å². The number of oxazole rings is 1. The fourth-order valence-corrected chi connectivity index (χ4v) is 5.19. The lowest BCUT2D eigenvalue weighted by atomic mass is 9.64. The van der Waals surface area contributed by atoms with Crippen molar-refractivity contribution in [3.05, 3.63) is 71.3 Å². The molecule has 36 heavy (non-hydrogen) atoms. The number of aryl methyl sites for hydroxylation is 1. The van der Waals surface area contributed by atoms with Gasteiger partial charge in [-0.3, -0.25) is 0 Å². The summed E-state index contributed by atoms with van der Waals surface area (Å²) in [5, 5.41) is 20.1. The molecule has 1 unspecified atom stereocenters. The number of benzene rings is 2. The minimum absolute atomic E-state index is 0.0971. The molecule has 0 radical (unpaired) electrons. The third kappa shape index (κ3) is 3.59. The van der Waals surface area contributed by atoms with Crippen molar-refractivity contribution in [1.82, 2.24) is 19.7 Å². The average molecular weight is 499 g/mol. The highest BCUT2D eigenvalue weighted by atomic mass is 19.2. The first-order valence-electron chi connectivity index (χ1n) is 11.5. The third-order valence-corrected chi connectivity index (χ3v) is 6.93. The molecule has 0 spiro atoms. The summed E-state index contributed by atoms with van der Waals surface area (Å²) in [6.45, 7) is 5.37. The van der Waals surface area contributed by atoms with Crippen LogP contribution in [0.1, 0.15) is 44.0 Å². The van der Waals surface area contributed by atoms with Crippen molar-refractivity contribution < 1.29 is 27.4 Å². The fraction of sp³-hybridized carbons (Fsp3) is 0.346. The van der Waals surface area contributed by atoms with Gasteiger partial charge in [0.05, 0.1) is 29.9 Å². The Balaban J connectivity index is 1.67. The Morgan fingerprint density at radius 2 is 1.83 bits per heavy atom. The zero-order valence-corrected chi connectivity index (χ0v) is 20.3. The molecule has 1 atom stereocenters. The summed E-state index contributed by atoms with van der Waals surface area (Å²) in [5.74, 6) is -1.75. The zero-order valence-electron chi connectivity index (χ0n) is 20.3. The molecule has 2 aromatic heterocycles. The summed E-state index contributed by atoms with van der Waals surface area (Å²) >= 11 is 0. The fourth-order valence-electron chi connectivity index (χ4n) is 5.19. The number of fused-ring (bicyclic) bond motifs is 1. The highest BCUT2D eigenvalue weighted by Gasteiger charge is 2.52. The average Bonchev–Trinajstić information content (AvgIpc) is 3.47. The number of nitrogens with zero attached hydrogens (tertiary/aromatic N) is 4. The maximum atomic E-state index is 14.3. The van der Waals surface area contributed by atoms with Gasteiger partial charge >= 0.3 is 0 Å². The van der Waals surface area contributed by atoms with Crippen LogP contribution in [0.25, 0.3) is 22.7 Å². The van der Waals surface area contributed by atoms with E-state index in [2.05, 4.69) is 15.2 Å². The molecule has 2 aromatic carbocycles. The molecule has 1 aliphatic rings. The molecule has 7 nitrogen and oxygen atoms in total. The van der Waals surface area contributed by atoms with E-state index in [1.165, 1.54) is 0 Å². The van der Waals surface area contributed by atoms with Gasteiger partial charge in [0.15, 0.2) is 34.9 Å². The first kappa shape index (κ1) is 24.1. The Hall–Kier alpha value is -3.66. The molecule has 188 valence electrons. The van der Waals surface area contributed by atoms with Crippen LogP contribution in [-0.4, -0.2) is 37.6 Å². The molecule has 0 bridgehead atoms. The Bertz CT molecular complexity index is 1430. The summed E-state index contributed by atoms with van der Waals surface area (Å²) in [4.78, 5) is 4.13. The molecule has 1 aliphatic heterocycles. The Morgan fingerprint density at radius 3 is 2.44 bits per heavy atom. The summed E-state index contributed by atoms with van der Waals surface area (Å²) in [7, 11) is 1.54. The van der Waals surface area contributed by atoms with Gasteiger partial charge in [-0.2, -0.15) is 0 Å². The van der Waals surface area contributed by atoms with Crippen molar-refractivity contribution >= 4 is 0 Å². The zero-order chi connectivity index (χ0) is 25.8. The van der Waals surface area contributed by atoms with E-state index < -0.39 is 28.5 Å². The van der Waals surface area contributed by atoms with Crippen molar-refractivity contribution in [3.63, 3.8) is 0 Å². The second-order valence-corrected chi connectivity index (χ2v) is 9.48. The normalized spacial score (nSPS) is 17.8. The van der Waals surface area contributed by atoms with Crippen molar-refractivity contribution in [1.29, 1.82) is 0 Å². The molecule has 0 saturated carbocycles. The quantitative estimate of drug-likeness (QED) is 0.382. The van der Waals surface area contributed by atoms with Crippen LogP contribution in [0.5, 0.6) is 5.75 Å². The standard InChI is InChI=1S/C26H25F3N4O3/c1-14-30-13-21(36-14)17-7-6-15(10-20(17)35-4)23-31-32-24-26(25(2,3)34,8-5-9-33(23)24)16-11-18(27)22(29)19(28)12-16/h6-7,10-13,34H,5,8-9H2,1-4H3.